The van der Waals surface area contributed by atoms with Gasteiger partial charge in [-0.15, -0.1) is 11.8 Å². The van der Waals surface area contributed by atoms with Gasteiger partial charge in [0.15, 0.2) is 5.60 Å². The molecule has 5 atom stereocenters. The predicted octanol–water partition coefficient (Wildman–Crippen LogP) is 3.50. The number of carbonyl (C=O) groups excluding carboxylic acids is 9. The lowest BCUT2D eigenvalue weighted by molar-refractivity contribution is -0.172. The highest BCUT2D eigenvalue weighted by molar-refractivity contribution is 7.99. The Hall–Kier alpha value is -7.57. The second kappa shape index (κ2) is 25.7. The molecule has 7 N–H and O–H groups in total. The molecule has 1 saturated carbocycles. The van der Waals surface area contributed by atoms with Crippen molar-refractivity contribution < 1.29 is 62.1 Å². The molecular weight excluding hydrogens is 1110 g/mol. The second-order valence-electron chi connectivity index (χ2n) is 22.6. The van der Waals surface area contributed by atoms with Crippen LogP contribution in [0.3, 0.4) is 0 Å². The number of esters is 1. The van der Waals surface area contributed by atoms with Crippen molar-refractivity contribution in [1.82, 2.24) is 46.4 Å². The largest absolute Gasteiger partial charge is 0.458 e. The molecule has 24 heteroatoms. The third-order valence-electron chi connectivity index (χ3n) is 17.3. The van der Waals surface area contributed by atoms with E-state index in [0.29, 0.717) is 93.8 Å². The fourth-order valence-corrected chi connectivity index (χ4v) is 12.9. The number of aliphatic hydroxyl groups is 1. The summed E-state index contributed by atoms with van der Waals surface area (Å²) in [7, 11) is 0. The van der Waals surface area contributed by atoms with Gasteiger partial charge in [-0.3, -0.25) is 48.1 Å². The lowest BCUT2D eigenvalue weighted by atomic mass is 9.72. The van der Waals surface area contributed by atoms with Gasteiger partial charge in [0.2, 0.25) is 47.3 Å². The minimum Gasteiger partial charge on any atom is -0.458 e. The van der Waals surface area contributed by atoms with Crippen LogP contribution in [0.25, 0.3) is 22.3 Å². The van der Waals surface area contributed by atoms with Crippen LogP contribution >= 0.6 is 11.8 Å². The van der Waals surface area contributed by atoms with Gasteiger partial charge in [-0.1, -0.05) is 64.4 Å². The molecule has 2 fully saturated rings. The van der Waals surface area contributed by atoms with Crippen molar-refractivity contribution in [3.8, 4) is 11.4 Å². The van der Waals surface area contributed by atoms with Gasteiger partial charge in [0.05, 0.1) is 60.6 Å². The van der Waals surface area contributed by atoms with E-state index in [1.807, 2.05) is 20.8 Å². The maximum atomic E-state index is 15.5. The molecular formula is C60H72FN9O13S. The zero-order chi connectivity index (χ0) is 60.2. The molecule has 1 unspecified atom stereocenters. The highest BCUT2D eigenvalue weighted by Crippen LogP contribution is 2.49. The van der Waals surface area contributed by atoms with Crippen LogP contribution in [0.15, 0.2) is 52.2 Å². The van der Waals surface area contributed by atoms with Crippen molar-refractivity contribution >= 4 is 75.9 Å². The maximum absolute atomic E-state index is 15.5. The van der Waals surface area contributed by atoms with Crippen molar-refractivity contribution in [1.29, 1.82) is 0 Å². The van der Waals surface area contributed by atoms with Crippen molar-refractivity contribution in [2.45, 2.75) is 147 Å². The Morgan fingerprint density at radius 3 is 2.31 bits per heavy atom. The van der Waals surface area contributed by atoms with Crippen molar-refractivity contribution in [2.24, 2.45) is 17.3 Å². The van der Waals surface area contributed by atoms with E-state index >= 15 is 4.39 Å². The number of halogens is 1. The number of rotatable bonds is 26. The average molecular weight is 1180 g/mol. The number of carbonyl (C=O) groups is 9. The summed E-state index contributed by atoms with van der Waals surface area (Å²) in [6.07, 6.45) is 3.90. The van der Waals surface area contributed by atoms with Gasteiger partial charge < -0.3 is 51.0 Å². The number of fused-ring (bicyclic) bond motifs is 5. The lowest BCUT2D eigenvalue weighted by Gasteiger charge is -2.31. The zero-order valence-electron chi connectivity index (χ0n) is 47.8. The minimum absolute atomic E-state index is 0.0389. The number of pyridine rings is 2. The van der Waals surface area contributed by atoms with E-state index in [4.69, 9.17) is 14.5 Å². The van der Waals surface area contributed by atoms with Crippen LogP contribution in [0.4, 0.5) is 4.39 Å². The number of nitrogens with one attached hydrogen (secondary N) is 6. The standard InChI is InChI=1S/C60H72FN9O13S/c1-6-59(5,7-2)38-23-48(75)69(57(38)79)20-14-10-13-17-44(71)62-25-45(72)63-27-47(74)66-41(21-33-15-11-9-12-16-33)54(76)64-26-46(73)65-31-83-52(34-18-19-34)55(77)68-42-30-84-53-32(4)39(61)24-40-50(53)49(42)35-28-70-43(51(35)67-40)22-37-36(56(70)78)29-82-58(80)60(37,81)8-3/h9,11-12,15-16,22,24,34,38,41-42,52,81H,6-8,10,13-14,17-21,23,25-31H2,1-5H3,(H,62,71)(H,63,72)(H,64,76)(H,65,73)(H,66,74)(H,68,77)/t38?,41-,42-,52-,60-/m0/s1. The van der Waals surface area contributed by atoms with Crippen LogP contribution in [0.1, 0.15) is 131 Å². The highest BCUT2D eigenvalue weighted by atomic mass is 32.2. The smallest absolute Gasteiger partial charge is 0.343 e. The first-order valence-corrected chi connectivity index (χ1v) is 29.8. The third kappa shape index (κ3) is 12.7. The van der Waals surface area contributed by atoms with E-state index < -0.39 is 97.0 Å². The molecule has 4 aromatic rings. The number of cyclic esters (lactones) is 1. The quantitative estimate of drug-likeness (QED) is 0.0180. The van der Waals surface area contributed by atoms with Gasteiger partial charge in [-0.2, -0.15) is 0 Å². The average Bonchev–Trinajstić information content (AvgIpc) is 1.92. The van der Waals surface area contributed by atoms with Crippen LogP contribution in [0.2, 0.25) is 0 Å². The molecule has 448 valence electrons. The summed E-state index contributed by atoms with van der Waals surface area (Å²) in [4.78, 5) is 139. The molecule has 0 radical (unpaired) electrons. The Balaban J connectivity index is 0.749. The zero-order valence-corrected chi connectivity index (χ0v) is 48.7. The summed E-state index contributed by atoms with van der Waals surface area (Å²) in [5.74, 6) is -5.39. The molecule has 0 bridgehead atoms. The minimum atomic E-state index is -2.06. The molecule has 4 aliphatic heterocycles. The van der Waals surface area contributed by atoms with Crippen LogP contribution in [0.5, 0.6) is 0 Å². The van der Waals surface area contributed by atoms with Gasteiger partial charge in [0.1, 0.15) is 31.3 Å². The molecule has 1 aliphatic carbocycles. The number of thioether (sulfide) groups is 1. The number of unbranched alkanes of at least 4 members (excludes halogenated alkanes) is 2. The summed E-state index contributed by atoms with van der Waals surface area (Å²) in [6, 6.07) is 9.88. The summed E-state index contributed by atoms with van der Waals surface area (Å²) < 4.78 is 28.3. The molecule has 0 spiro atoms. The van der Waals surface area contributed by atoms with Crippen LogP contribution in [0, 0.1) is 30.0 Å². The Morgan fingerprint density at radius 1 is 0.893 bits per heavy atom. The molecule has 8 amide bonds. The van der Waals surface area contributed by atoms with Crippen LogP contribution < -0.4 is 37.5 Å². The topological polar surface area (TPSA) is 303 Å². The molecule has 22 nitrogen and oxygen atoms in total. The number of nitrogens with zero attached hydrogens (tertiary/aromatic N) is 3. The van der Waals surface area contributed by atoms with Gasteiger partial charge in [0.25, 0.3) is 5.56 Å². The number of ether oxygens (including phenoxy) is 2. The summed E-state index contributed by atoms with van der Waals surface area (Å²) in [5.41, 5.74) is 0.876. The monoisotopic (exact) mass is 1180 g/mol. The second-order valence-corrected chi connectivity index (χ2v) is 23.6. The first-order chi connectivity index (χ1) is 40.2. The Labute approximate surface area is 488 Å². The van der Waals surface area contributed by atoms with Crippen LogP contribution in [-0.4, -0.2) is 124 Å². The molecule has 84 heavy (non-hydrogen) atoms. The van der Waals surface area contributed by atoms with Gasteiger partial charge in [-0.05, 0) is 86.0 Å². The Bertz CT molecular complexity index is 3370. The fourth-order valence-electron chi connectivity index (χ4n) is 11.6. The van der Waals surface area contributed by atoms with E-state index in [1.165, 1.54) is 27.3 Å². The van der Waals surface area contributed by atoms with E-state index in [2.05, 4.69) is 31.9 Å². The summed E-state index contributed by atoms with van der Waals surface area (Å²) >= 11 is 1.36. The number of hydrogen-bond donors (Lipinski definition) is 7. The summed E-state index contributed by atoms with van der Waals surface area (Å²) in [5, 5.41) is 27.9. The first kappa shape index (κ1) is 61.0. The van der Waals surface area contributed by atoms with E-state index in [0.717, 1.165) is 12.8 Å². The normalized spacial score (nSPS) is 19.4. The molecule has 5 aliphatic rings. The number of hydrogen-bond acceptors (Lipinski definition) is 15. The number of likely N-dealkylation sites (tertiary alicyclic amines) is 1. The van der Waals surface area contributed by atoms with Gasteiger partial charge in [0, 0.05) is 59.0 Å². The molecule has 6 heterocycles. The lowest BCUT2D eigenvalue weighted by Crippen LogP contribution is -2.52. The van der Waals surface area contributed by atoms with E-state index in [9.17, 15) is 53.1 Å². The third-order valence-corrected chi connectivity index (χ3v) is 18.6. The van der Waals surface area contributed by atoms with Crippen molar-refractivity contribution in [3.05, 3.63) is 92.0 Å². The molecule has 9 rings (SSSR count). The van der Waals surface area contributed by atoms with E-state index in [-0.39, 0.29) is 84.9 Å². The SMILES string of the molecule is CCC(C)(CC)C1CC(=O)N(CCCCCC(=O)NCC(=O)NCC(=O)N[C@@H](Cc2ccccc2)C(=O)NCC(=O)NCO[C@H](C(=O)N[C@H]2CSc3c(C)c(F)cc4nc5c(c2c34)Cn2c-5cc3c(c2=O)COC(=O)[C@]3(O)CC)C2CC2)C1=O. The predicted molar refractivity (Wildman–Crippen MR) is 305 cm³/mol. The molecule has 2 aromatic heterocycles. The summed E-state index contributed by atoms with van der Waals surface area (Å²) in [6.45, 7) is 7.56. The fraction of sp³-hybridized carbons (Fsp3) is 0.517. The number of aromatic nitrogens is 2. The Morgan fingerprint density at radius 2 is 1.60 bits per heavy atom. The van der Waals surface area contributed by atoms with E-state index in [1.54, 1.807) is 50.2 Å². The molecule has 2 aromatic carbocycles. The molecule has 1 saturated heterocycles. The maximum Gasteiger partial charge on any atom is 0.343 e. The number of amides is 8. The first-order valence-electron chi connectivity index (χ1n) is 28.8. The Kier molecular flexibility index (Phi) is 18.7. The van der Waals surface area contributed by atoms with Crippen molar-refractivity contribution in [2.75, 3.05) is 38.7 Å². The van der Waals surface area contributed by atoms with Crippen molar-refractivity contribution in [3.63, 3.8) is 0 Å². The number of benzene rings is 2. The van der Waals surface area contributed by atoms with Gasteiger partial charge >= 0.3 is 5.97 Å². The van der Waals surface area contributed by atoms with Gasteiger partial charge in [-0.25, -0.2) is 14.2 Å². The van der Waals surface area contributed by atoms with Crippen LogP contribution in [-0.2, 0) is 77.8 Å². The highest BCUT2D eigenvalue weighted by Gasteiger charge is 2.48. The number of imide groups is 1.